The average Bonchev–Trinajstić information content (AvgIpc) is 2.28. The van der Waals surface area contributed by atoms with Crippen LogP contribution in [0.1, 0.15) is 13.8 Å². The van der Waals surface area contributed by atoms with Gasteiger partial charge >= 0.3 is 0 Å². The zero-order valence-electron chi connectivity index (χ0n) is 9.97. The molecule has 0 spiro atoms. The summed E-state index contributed by atoms with van der Waals surface area (Å²) in [5.74, 6) is 0.701. The summed E-state index contributed by atoms with van der Waals surface area (Å²) in [6, 6.07) is 2.10. The number of pyridine rings is 1. The smallest absolute Gasteiger partial charge is 0.218 e. The Morgan fingerprint density at radius 2 is 2.12 bits per heavy atom. The fourth-order valence-corrected chi connectivity index (χ4v) is 1.88. The van der Waals surface area contributed by atoms with Crippen LogP contribution in [0.3, 0.4) is 0 Å². The lowest BCUT2D eigenvalue weighted by Gasteiger charge is -2.10. The van der Waals surface area contributed by atoms with Crippen LogP contribution in [0.25, 0.3) is 10.9 Å². The lowest BCUT2D eigenvalue weighted by Crippen LogP contribution is -2.12. The van der Waals surface area contributed by atoms with Gasteiger partial charge in [0, 0.05) is 30.1 Å². The topological polar surface area (TPSA) is 67.8 Å². The van der Waals surface area contributed by atoms with E-state index < -0.39 is 10.8 Å². The van der Waals surface area contributed by atoms with Gasteiger partial charge in [-0.05, 0) is 19.9 Å². The number of fused-ring (bicyclic) bond motifs is 1. The first kappa shape index (κ1) is 11.9. The molecular formula is C11H14N4OS. The van der Waals surface area contributed by atoms with Crippen molar-refractivity contribution in [3.8, 4) is 0 Å². The van der Waals surface area contributed by atoms with Crippen molar-refractivity contribution < 1.29 is 4.21 Å². The van der Waals surface area contributed by atoms with Gasteiger partial charge in [-0.2, -0.15) is 0 Å². The molecule has 1 N–H and O–H groups in total. The first-order valence-electron chi connectivity index (χ1n) is 5.29. The van der Waals surface area contributed by atoms with Gasteiger partial charge in [-0.25, -0.2) is 15.0 Å². The van der Waals surface area contributed by atoms with Gasteiger partial charge in [0.1, 0.15) is 5.52 Å². The van der Waals surface area contributed by atoms with Crippen LogP contribution in [0, 0.1) is 0 Å². The summed E-state index contributed by atoms with van der Waals surface area (Å²) in [5, 5.41) is 4.43. The molecule has 2 aromatic heterocycles. The van der Waals surface area contributed by atoms with Crippen molar-refractivity contribution >= 4 is 27.5 Å². The molecule has 2 rings (SSSR count). The number of hydrogen-bond donors (Lipinski definition) is 1. The van der Waals surface area contributed by atoms with Crippen LogP contribution in [0.15, 0.2) is 23.6 Å². The van der Waals surface area contributed by atoms with Crippen LogP contribution in [-0.2, 0) is 10.8 Å². The predicted octanol–water partition coefficient (Wildman–Crippen LogP) is 1.58. The van der Waals surface area contributed by atoms with Crippen molar-refractivity contribution in [1.82, 2.24) is 15.0 Å². The fraction of sp³-hybridized carbons (Fsp3) is 0.364. The highest BCUT2D eigenvalue weighted by molar-refractivity contribution is 7.84. The van der Waals surface area contributed by atoms with Crippen molar-refractivity contribution in [3.63, 3.8) is 0 Å². The molecule has 1 atom stereocenters. The number of hydrogen-bond acceptors (Lipinski definition) is 5. The third kappa shape index (κ3) is 2.58. The zero-order chi connectivity index (χ0) is 12.4. The van der Waals surface area contributed by atoms with E-state index in [1.54, 1.807) is 18.6 Å². The molecule has 0 aliphatic heterocycles. The van der Waals surface area contributed by atoms with Crippen molar-refractivity contribution in [2.75, 3.05) is 11.6 Å². The van der Waals surface area contributed by atoms with Crippen molar-refractivity contribution in [2.45, 2.75) is 25.0 Å². The Balaban J connectivity index is 2.59. The van der Waals surface area contributed by atoms with Crippen LogP contribution in [0.2, 0.25) is 0 Å². The van der Waals surface area contributed by atoms with E-state index in [1.165, 1.54) is 0 Å². The molecule has 17 heavy (non-hydrogen) atoms. The summed E-state index contributed by atoms with van der Waals surface area (Å²) in [7, 11) is -1.18. The van der Waals surface area contributed by atoms with Crippen LogP contribution >= 0.6 is 0 Å². The molecule has 2 aromatic rings. The Labute approximate surface area is 102 Å². The molecular weight excluding hydrogens is 236 g/mol. The summed E-state index contributed by atoms with van der Waals surface area (Å²) in [6.07, 6.45) is 4.94. The molecule has 0 aliphatic rings. The molecule has 90 valence electrons. The zero-order valence-corrected chi connectivity index (χ0v) is 10.8. The van der Waals surface area contributed by atoms with Gasteiger partial charge in [-0.1, -0.05) is 0 Å². The predicted molar refractivity (Wildman–Crippen MR) is 68.4 cm³/mol. The second-order valence-electron chi connectivity index (χ2n) is 4.00. The van der Waals surface area contributed by atoms with Crippen LogP contribution in [-0.4, -0.2) is 31.5 Å². The number of aromatic nitrogens is 3. The number of rotatable bonds is 3. The quantitative estimate of drug-likeness (QED) is 0.838. The van der Waals surface area contributed by atoms with E-state index >= 15 is 0 Å². The molecule has 0 aliphatic carbocycles. The Hall–Kier alpha value is -1.56. The molecule has 2 heterocycles. The van der Waals surface area contributed by atoms with E-state index in [0.29, 0.717) is 16.5 Å². The third-order valence-electron chi connectivity index (χ3n) is 2.16. The van der Waals surface area contributed by atoms with E-state index in [0.717, 1.165) is 5.39 Å². The standard InChI is InChI=1S/C11H14N4OS/c1-7(2)14-10-9-8(4-5-12-10)6-13-11(15-9)17(3)16/h4-7H,1-3H3,(H,12,14). The van der Waals surface area contributed by atoms with Gasteiger partial charge < -0.3 is 5.32 Å². The maximum absolute atomic E-state index is 11.4. The molecule has 0 saturated carbocycles. The van der Waals surface area contributed by atoms with Crippen LogP contribution < -0.4 is 5.32 Å². The largest absolute Gasteiger partial charge is 0.366 e. The number of anilines is 1. The molecule has 0 saturated heterocycles. The minimum atomic E-state index is -1.18. The van der Waals surface area contributed by atoms with Crippen LogP contribution in [0.4, 0.5) is 5.82 Å². The minimum Gasteiger partial charge on any atom is -0.366 e. The number of nitrogens with zero attached hydrogens (tertiary/aromatic N) is 3. The maximum atomic E-state index is 11.4. The summed E-state index contributed by atoms with van der Waals surface area (Å²) >= 11 is 0. The Bertz CT molecular complexity index is 570. The molecule has 0 radical (unpaired) electrons. The molecule has 6 heteroatoms. The maximum Gasteiger partial charge on any atom is 0.218 e. The summed E-state index contributed by atoms with van der Waals surface area (Å²) in [4.78, 5) is 12.6. The highest BCUT2D eigenvalue weighted by Gasteiger charge is 2.08. The molecule has 0 aromatic carbocycles. The molecule has 0 fully saturated rings. The van der Waals surface area contributed by atoms with Gasteiger partial charge in [0.2, 0.25) is 5.16 Å². The van der Waals surface area contributed by atoms with E-state index in [9.17, 15) is 4.21 Å². The van der Waals surface area contributed by atoms with E-state index in [1.807, 2.05) is 19.9 Å². The molecule has 1 unspecified atom stereocenters. The van der Waals surface area contributed by atoms with E-state index in [4.69, 9.17) is 0 Å². The highest BCUT2D eigenvalue weighted by Crippen LogP contribution is 2.19. The average molecular weight is 250 g/mol. The molecule has 0 bridgehead atoms. The van der Waals surface area contributed by atoms with Gasteiger partial charge in [-0.15, -0.1) is 0 Å². The summed E-state index contributed by atoms with van der Waals surface area (Å²) in [6.45, 7) is 4.06. The second kappa shape index (κ2) is 4.75. The molecule has 0 amide bonds. The third-order valence-corrected chi connectivity index (χ3v) is 2.87. The second-order valence-corrected chi connectivity index (χ2v) is 5.28. The lowest BCUT2D eigenvalue weighted by molar-refractivity contribution is 0.680. The Morgan fingerprint density at radius 1 is 1.35 bits per heavy atom. The van der Waals surface area contributed by atoms with Crippen molar-refractivity contribution in [2.24, 2.45) is 0 Å². The van der Waals surface area contributed by atoms with E-state index in [-0.39, 0.29) is 6.04 Å². The Morgan fingerprint density at radius 3 is 2.76 bits per heavy atom. The number of nitrogens with one attached hydrogen (secondary N) is 1. The van der Waals surface area contributed by atoms with Crippen molar-refractivity contribution in [3.05, 3.63) is 18.5 Å². The summed E-state index contributed by atoms with van der Waals surface area (Å²) in [5.41, 5.74) is 0.710. The first-order valence-corrected chi connectivity index (χ1v) is 6.85. The van der Waals surface area contributed by atoms with Crippen molar-refractivity contribution in [1.29, 1.82) is 0 Å². The summed E-state index contributed by atoms with van der Waals surface area (Å²) < 4.78 is 11.4. The Kier molecular flexibility index (Phi) is 3.33. The van der Waals surface area contributed by atoms with Crippen LogP contribution in [0.5, 0.6) is 0 Å². The van der Waals surface area contributed by atoms with E-state index in [2.05, 4.69) is 20.3 Å². The molecule has 5 nitrogen and oxygen atoms in total. The van der Waals surface area contributed by atoms with Gasteiger partial charge in [0.25, 0.3) is 0 Å². The van der Waals surface area contributed by atoms with Gasteiger partial charge in [0.15, 0.2) is 5.82 Å². The normalized spacial score (nSPS) is 12.9. The monoisotopic (exact) mass is 250 g/mol. The fourth-order valence-electron chi connectivity index (χ4n) is 1.46. The SMILES string of the molecule is CC(C)Nc1nccc2cnc(S(C)=O)nc12. The minimum absolute atomic E-state index is 0.263. The van der Waals surface area contributed by atoms with Gasteiger partial charge in [0.05, 0.1) is 10.8 Å². The lowest BCUT2D eigenvalue weighted by atomic mass is 10.3. The highest BCUT2D eigenvalue weighted by atomic mass is 32.2. The van der Waals surface area contributed by atoms with Gasteiger partial charge in [-0.3, -0.25) is 4.21 Å². The first-order chi connectivity index (χ1) is 8.08.